The Morgan fingerprint density at radius 2 is 2.15 bits per heavy atom. The number of hydrogen-bond donors (Lipinski definition) is 0. The van der Waals surface area contributed by atoms with Gasteiger partial charge < -0.3 is 4.90 Å². The monoisotopic (exact) mass is 411 g/mol. The van der Waals surface area contributed by atoms with Crippen molar-refractivity contribution in [1.82, 2.24) is 24.9 Å². The standard InChI is InChI=1S/C19H18BrN5O/c1-13-18(22-23-25(13)17-6-2-5-15(20)10-17)19(26)24(16-7-8-16)12-14-4-3-9-21-11-14/h2-6,9-11,16H,7-8,12H2,1H3. The van der Waals surface area contributed by atoms with Gasteiger partial charge in [-0.1, -0.05) is 33.3 Å². The Labute approximate surface area is 160 Å². The smallest absolute Gasteiger partial charge is 0.276 e. The summed E-state index contributed by atoms with van der Waals surface area (Å²) in [6.07, 6.45) is 5.60. The van der Waals surface area contributed by atoms with Gasteiger partial charge in [-0.05, 0) is 49.6 Å². The van der Waals surface area contributed by atoms with Crippen LogP contribution in [0.5, 0.6) is 0 Å². The highest BCUT2D eigenvalue weighted by Gasteiger charge is 2.35. The molecule has 0 atom stereocenters. The third-order valence-electron chi connectivity index (χ3n) is 4.47. The van der Waals surface area contributed by atoms with Crippen LogP contribution in [0.3, 0.4) is 0 Å². The predicted molar refractivity (Wildman–Crippen MR) is 101 cm³/mol. The molecular formula is C19H18BrN5O. The molecule has 132 valence electrons. The number of carbonyl (C=O) groups excluding carboxylic acids is 1. The Morgan fingerprint density at radius 1 is 1.31 bits per heavy atom. The van der Waals surface area contributed by atoms with E-state index in [-0.39, 0.29) is 11.9 Å². The molecule has 4 rings (SSSR count). The Morgan fingerprint density at radius 3 is 2.85 bits per heavy atom. The molecule has 1 saturated carbocycles. The number of halogens is 1. The van der Waals surface area contributed by atoms with Gasteiger partial charge in [-0.25, -0.2) is 4.68 Å². The minimum Gasteiger partial charge on any atom is -0.330 e. The molecule has 0 saturated heterocycles. The predicted octanol–water partition coefficient (Wildman–Crippen LogP) is 3.54. The lowest BCUT2D eigenvalue weighted by atomic mass is 10.2. The van der Waals surface area contributed by atoms with E-state index in [0.717, 1.165) is 34.3 Å². The minimum absolute atomic E-state index is 0.0740. The minimum atomic E-state index is -0.0740. The van der Waals surface area contributed by atoms with Crippen molar-refractivity contribution < 1.29 is 4.79 Å². The van der Waals surface area contributed by atoms with E-state index in [4.69, 9.17) is 0 Å². The highest BCUT2D eigenvalue weighted by molar-refractivity contribution is 9.10. The maximum atomic E-state index is 13.1. The molecule has 1 aliphatic carbocycles. The van der Waals surface area contributed by atoms with Crippen molar-refractivity contribution in [1.29, 1.82) is 0 Å². The van der Waals surface area contributed by atoms with Crippen LogP contribution < -0.4 is 0 Å². The lowest BCUT2D eigenvalue weighted by molar-refractivity contribution is 0.0723. The zero-order chi connectivity index (χ0) is 18.1. The van der Waals surface area contributed by atoms with Gasteiger partial charge in [0.25, 0.3) is 5.91 Å². The van der Waals surface area contributed by atoms with E-state index in [2.05, 4.69) is 31.2 Å². The molecule has 0 N–H and O–H groups in total. The van der Waals surface area contributed by atoms with Gasteiger partial charge in [-0.15, -0.1) is 5.10 Å². The molecule has 6 nitrogen and oxygen atoms in total. The van der Waals surface area contributed by atoms with Gasteiger partial charge in [0.2, 0.25) is 0 Å². The molecular weight excluding hydrogens is 394 g/mol. The van der Waals surface area contributed by atoms with E-state index in [9.17, 15) is 4.79 Å². The Balaban J connectivity index is 1.63. The summed E-state index contributed by atoms with van der Waals surface area (Å²) in [5, 5.41) is 8.39. The molecule has 0 aliphatic heterocycles. The van der Waals surface area contributed by atoms with Crippen molar-refractivity contribution in [2.24, 2.45) is 0 Å². The van der Waals surface area contributed by atoms with Gasteiger partial charge in [-0.2, -0.15) is 0 Å². The fourth-order valence-corrected chi connectivity index (χ4v) is 3.34. The summed E-state index contributed by atoms with van der Waals surface area (Å²) >= 11 is 3.46. The third-order valence-corrected chi connectivity index (χ3v) is 4.97. The molecule has 0 unspecified atom stereocenters. The summed E-state index contributed by atoms with van der Waals surface area (Å²) in [5.41, 5.74) is 3.03. The Kier molecular flexibility index (Phi) is 4.55. The summed E-state index contributed by atoms with van der Waals surface area (Å²) in [7, 11) is 0. The second-order valence-electron chi connectivity index (χ2n) is 6.44. The number of carbonyl (C=O) groups is 1. The summed E-state index contributed by atoms with van der Waals surface area (Å²) in [6, 6.07) is 11.9. The first kappa shape index (κ1) is 16.9. The molecule has 3 aromatic rings. The second kappa shape index (κ2) is 6.99. The van der Waals surface area contributed by atoms with Crippen LogP contribution in [0.4, 0.5) is 0 Å². The number of hydrogen-bond acceptors (Lipinski definition) is 4. The van der Waals surface area contributed by atoms with Crippen LogP contribution in [0.2, 0.25) is 0 Å². The number of pyridine rings is 1. The zero-order valence-corrected chi connectivity index (χ0v) is 15.9. The van der Waals surface area contributed by atoms with Gasteiger partial charge in [0, 0.05) is 29.5 Å². The van der Waals surface area contributed by atoms with Crippen LogP contribution in [0, 0.1) is 6.92 Å². The van der Waals surface area contributed by atoms with Crippen LogP contribution in [0.25, 0.3) is 5.69 Å². The summed E-state index contributed by atoms with van der Waals surface area (Å²) in [4.78, 5) is 19.2. The molecule has 1 aromatic carbocycles. The highest BCUT2D eigenvalue weighted by atomic mass is 79.9. The quantitative estimate of drug-likeness (QED) is 0.643. The van der Waals surface area contributed by atoms with Gasteiger partial charge in [0.15, 0.2) is 5.69 Å². The fourth-order valence-electron chi connectivity index (χ4n) is 2.96. The number of amides is 1. The van der Waals surface area contributed by atoms with Crippen LogP contribution in [0.15, 0.2) is 53.3 Å². The fraction of sp³-hybridized carbons (Fsp3) is 0.263. The molecule has 1 fully saturated rings. The van der Waals surface area contributed by atoms with Crippen LogP contribution in [-0.4, -0.2) is 36.8 Å². The maximum absolute atomic E-state index is 13.1. The van der Waals surface area contributed by atoms with Crippen LogP contribution in [0.1, 0.15) is 34.6 Å². The Bertz CT molecular complexity index is 936. The third kappa shape index (κ3) is 3.39. The van der Waals surface area contributed by atoms with Crippen LogP contribution >= 0.6 is 15.9 Å². The molecule has 0 bridgehead atoms. The highest BCUT2D eigenvalue weighted by Crippen LogP contribution is 2.30. The van der Waals surface area contributed by atoms with Gasteiger partial charge >= 0.3 is 0 Å². The lowest BCUT2D eigenvalue weighted by Gasteiger charge is -2.21. The normalized spacial score (nSPS) is 13.6. The molecule has 0 spiro atoms. The van der Waals surface area contributed by atoms with E-state index in [1.807, 2.05) is 48.2 Å². The first-order valence-electron chi connectivity index (χ1n) is 8.51. The number of benzene rings is 1. The Hall–Kier alpha value is -2.54. The van der Waals surface area contributed by atoms with E-state index >= 15 is 0 Å². The summed E-state index contributed by atoms with van der Waals surface area (Å²) < 4.78 is 2.65. The maximum Gasteiger partial charge on any atom is 0.276 e. The SMILES string of the molecule is Cc1c(C(=O)N(Cc2cccnc2)C2CC2)nnn1-c1cccc(Br)c1. The average molecular weight is 412 g/mol. The first-order chi connectivity index (χ1) is 12.6. The van der Waals surface area contributed by atoms with Crippen molar-refractivity contribution in [2.45, 2.75) is 32.4 Å². The molecule has 7 heteroatoms. The van der Waals surface area contributed by atoms with Gasteiger partial charge in [0.1, 0.15) is 0 Å². The van der Waals surface area contributed by atoms with E-state index in [0.29, 0.717) is 12.2 Å². The number of nitrogens with zero attached hydrogens (tertiary/aromatic N) is 5. The summed E-state index contributed by atoms with van der Waals surface area (Å²) in [5.74, 6) is -0.0740. The number of aromatic nitrogens is 4. The van der Waals surface area contributed by atoms with Crippen molar-refractivity contribution in [3.63, 3.8) is 0 Å². The lowest BCUT2D eigenvalue weighted by Crippen LogP contribution is -2.33. The summed E-state index contributed by atoms with van der Waals surface area (Å²) in [6.45, 7) is 2.42. The molecule has 26 heavy (non-hydrogen) atoms. The van der Waals surface area contributed by atoms with Gasteiger partial charge in [0.05, 0.1) is 11.4 Å². The average Bonchev–Trinajstić information content (AvgIpc) is 3.42. The van der Waals surface area contributed by atoms with Crippen LogP contribution in [-0.2, 0) is 6.54 Å². The molecule has 1 aliphatic rings. The molecule has 2 aromatic heterocycles. The molecule has 0 radical (unpaired) electrons. The van der Waals surface area contributed by atoms with E-state index in [1.54, 1.807) is 17.1 Å². The van der Waals surface area contributed by atoms with Crippen molar-refractivity contribution in [3.8, 4) is 5.69 Å². The molecule has 1 amide bonds. The molecule has 2 heterocycles. The van der Waals surface area contributed by atoms with Crippen molar-refractivity contribution in [3.05, 3.63) is 70.2 Å². The van der Waals surface area contributed by atoms with Gasteiger partial charge in [-0.3, -0.25) is 9.78 Å². The van der Waals surface area contributed by atoms with E-state index < -0.39 is 0 Å². The first-order valence-corrected chi connectivity index (χ1v) is 9.31. The largest absolute Gasteiger partial charge is 0.330 e. The van der Waals surface area contributed by atoms with Crippen molar-refractivity contribution >= 4 is 21.8 Å². The second-order valence-corrected chi connectivity index (χ2v) is 7.36. The number of rotatable bonds is 5. The van der Waals surface area contributed by atoms with Crippen molar-refractivity contribution in [2.75, 3.05) is 0 Å². The zero-order valence-electron chi connectivity index (χ0n) is 14.3. The van der Waals surface area contributed by atoms with E-state index in [1.165, 1.54) is 0 Å². The topological polar surface area (TPSA) is 63.9 Å².